The van der Waals surface area contributed by atoms with E-state index in [1.54, 1.807) is 12.3 Å². The standard InChI is InChI=1S/C23H18N2O3/c1-15-13-20(22-19(25-15)11-6-12-24-22)28-14-17-9-5-10-18(21(17)23(26)27)16-7-3-2-4-8-16/h2-13H,14H2,1H3,(H,26,27). The summed E-state index contributed by atoms with van der Waals surface area (Å²) in [5.41, 5.74) is 4.59. The Balaban J connectivity index is 1.73. The number of ether oxygens (including phenoxy) is 1. The molecule has 0 saturated heterocycles. The zero-order valence-electron chi connectivity index (χ0n) is 15.3. The summed E-state index contributed by atoms with van der Waals surface area (Å²) in [7, 11) is 0. The van der Waals surface area contributed by atoms with Crippen molar-refractivity contribution in [3.63, 3.8) is 0 Å². The van der Waals surface area contributed by atoms with Gasteiger partial charge in [-0.05, 0) is 30.2 Å². The predicted octanol–water partition coefficient (Wildman–Crippen LogP) is 4.88. The van der Waals surface area contributed by atoms with Crippen molar-refractivity contribution in [1.29, 1.82) is 0 Å². The van der Waals surface area contributed by atoms with Crippen LogP contribution >= 0.6 is 0 Å². The average Bonchev–Trinajstić information content (AvgIpc) is 2.72. The molecule has 0 radical (unpaired) electrons. The molecular weight excluding hydrogens is 352 g/mol. The average molecular weight is 370 g/mol. The number of aromatic carboxylic acids is 1. The molecule has 28 heavy (non-hydrogen) atoms. The van der Waals surface area contributed by atoms with Crippen molar-refractivity contribution < 1.29 is 14.6 Å². The van der Waals surface area contributed by atoms with Gasteiger partial charge in [0.15, 0.2) is 0 Å². The first-order chi connectivity index (χ1) is 13.6. The third kappa shape index (κ3) is 3.42. The van der Waals surface area contributed by atoms with Gasteiger partial charge < -0.3 is 9.84 Å². The molecule has 138 valence electrons. The number of carboxylic acid groups (broad SMARTS) is 1. The molecule has 5 heteroatoms. The molecule has 0 atom stereocenters. The van der Waals surface area contributed by atoms with Crippen LogP contribution in [0, 0.1) is 6.92 Å². The maximum atomic E-state index is 12.0. The minimum atomic E-state index is -0.980. The van der Waals surface area contributed by atoms with Gasteiger partial charge in [-0.1, -0.05) is 48.5 Å². The fourth-order valence-electron chi connectivity index (χ4n) is 3.25. The Labute approximate surface area is 162 Å². The van der Waals surface area contributed by atoms with E-state index in [0.717, 1.165) is 16.8 Å². The van der Waals surface area contributed by atoms with Crippen LogP contribution in [-0.2, 0) is 6.61 Å². The van der Waals surface area contributed by atoms with Crippen molar-refractivity contribution in [2.45, 2.75) is 13.5 Å². The highest BCUT2D eigenvalue weighted by atomic mass is 16.5. The smallest absolute Gasteiger partial charge is 0.336 e. The van der Waals surface area contributed by atoms with Crippen LogP contribution in [0.1, 0.15) is 21.6 Å². The lowest BCUT2D eigenvalue weighted by Gasteiger charge is -2.14. The van der Waals surface area contributed by atoms with Crippen LogP contribution in [0.3, 0.4) is 0 Å². The van der Waals surface area contributed by atoms with Crippen molar-refractivity contribution in [1.82, 2.24) is 9.97 Å². The number of hydrogen-bond donors (Lipinski definition) is 1. The van der Waals surface area contributed by atoms with Crippen molar-refractivity contribution >= 4 is 17.0 Å². The van der Waals surface area contributed by atoms with Gasteiger partial charge in [-0.25, -0.2) is 4.79 Å². The van der Waals surface area contributed by atoms with Gasteiger partial charge in [0.2, 0.25) is 0 Å². The first kappa shape index (κ1) is 17.7. The van der Waals surface area contributed by atoms with Crippen LogP contribution in [0.25, 0.3) is 22.2 Å². The molecule has 0 amide bonds. The summed E-state index contributed by atoms with van der Waals surface area (Å²) in [6.45, 7) is 2.01. The molecule has 0 unspecified atom stereocenters. The normalized spacial score (nSPS) is 10.8. The molecule has 0 aliphatic carbocycles. The first-order valence-electron chi connectivity index (χ1n) is 8.89. The molecule has 2 aromatic heterocycles. The lowest BCUT2D eigenvalue weighted by molar-refractivity contribution is 0.0695. The number of benzene rings is 2. The molecule has 0 saturated carbocycles. The Morgan fingerprint density at radius 2 is 1.86 bits per heavy atom. The van der Waals surface area contributed by atoms with E-state index < -0.39 is 5.97 Å². The van der Waals surface area contributed by atoms with Crippen LogP contribution in [-0.4, -0.2) is 21.0 Å². The summed E-state index contributed by atoms with van der Waals surface area (Å²) < 4.78 is 6.00. The van der Waals surface area contributed by atoms with Gasteiger partial charge in [0.1, 0.15) is 17.9 Å². The van der Waals surface area contributed by atoms with Gasteiger partial charge in [-0.2, -0.15) is 0 Å². The Kier molecular flexibility index (Phi) is 4.72. The lowest BCUT2D eigenvalue weighted by atomic mass is 9.95. The summed E-state index contributed by atoms with van der Waals surface area (Å²) in [6, 6.07) is 20.4. The largest absolute Gasteiger partial charge is 0.486 e. The van der Waals surface area contributed by atoms with E-state index in [0.29, 0.717) is 22.4 Å². The Hall–Kier alpha value is -3.73. The van der Waals surface area contributed by atoms with Gasteiger partial charge in [-0.3, -0.25) is 9.97 Å². The highest BCUT2D eigenvalue weighted by Gasteiger charge is 2.17. The van der Waals surface area contributed by atoms with Crippen molar-refractivity contribution in [2.24, 2.45) is 0 Å². The number of fused-ring (bicyclic) bond motifs is 1. The van der Waals surface area contributed by atoms with Crippen molar-refractivity contribution in [2.75, 3.05) is 0 Å². The maximum absolute atomic E-state index is 12.0. The number of nitrogens with zero attached hydrogens (tertiary/aromatic N) is 2. The molecule has 4 rings (SSSR count). The number of aromatic nitrogens is 2. The second-order valence-electron chi connectivity index (χ2n) is 6.43. The number of rotatable bonds is 5. The number of pyridine rings is 2. The Morgan fingerprint density at radius 3 is 2.64 bits per heavy atom. The fourth-order valence-corrected chi connectivity index (χ4v) is 3.25. The van der Waals surface area contributed by atoms with E-state index in [1.807, 2.05) is 67.6 Å². The van der Waals surface area contributed by atoms with Crippen LogP contribution in [0.5, 0.6) is 5.75 Å². The topological polar surface area (TPSA) is 72.3 Å². The van der Waals surface area contributed by atoms with Gasteiger partial charge in [0, 0.05) is 23.5 Å². The van der Waals surface area contributed by atoms with Crippen LogP contribution in [0.2, 0.25) is 0 Å². The summed E-state index contributed by atoms with van der Waals surface area (Å²) in [6.07, 6.45) is 1.69. The van der Waals surface area contributed by atoms with Gasteiger partial charge in [0.05, 0.1) is 11.1 Å². The molecule has 0 bridgehead atoms. The second kappa shape index (κ2) is 7.48. The molecule has 2 heterocycles. The molecule has 0 aliphatic rings. The summed E-state index contributed by atoms with van der Waals surface area (Å²) in [5, 5.41) is 9.84. The minimum absolute atomic E-state index is 0.122. The van der Waals surface area contributed by atoms with Crippen molar-refractivity contribution in [3.8, 4) is 16.9 Å². The SMILES string of the molecule is Cc1cc(OCc2cccc(-c3ccccc3)c2C(=O)O)c2ncccc2n1. The van der Waals surface area contributed by atoms with E-state index in [9.17, 15) is 9.90 Å². The minimum Gasteiger partial charge on any atom is -0.486 e. The molecular formula is C23H18N2O3. The molecule has 0 aliphatic heterocycles. The zero-order valence-corrected chi connectivity index (χ0v) is 15.3. The highest BCUT2D eigenvalue weighted by molar-refractivity contribution is 5.97. The van der Waals surface area contributed by atoms with E-state index in [2.05, 4.69) is 9.97 Å². The molecule has 0 spiro atoms. The first-order valence-corrected chi connectivity index (χ1v) is 8.89. The van der Waals surface area contributed by atoms with Gasteiger partial charge in [0.25, 0.3) is 0 Å². The van der Waals surface area contributed by atoms with E-state index in [1.165, 1.54) is 0 Å². The summed E-state index contributed by atoms with van der Waals surface area (Å²) in [4.78, 5) is 20.8. The second-order valence-corrected chi connectivity index (χ2v) is 6.43. The van der Waals surface area contributed by atoms with E-state index >= 15 is 0 Å². The lowest BCUT2D eigenvalue weighted by Crippen LogP contribution is -2.08. The van der Waals surface area contributed by atoms with Crippen LogP contribution in [0.15, 0.2) is 72.9 Å². The van der Waals surface area contributed by atoms with Crippen molar-refractivity contribution in [3.05, 3.63) is 89.7 Å². The number of aryl methyl sites for hydroxylation is 1. The van der Waals surface area contributed by atoms with Gasteiger partial charge >= 0.3 is 5.97 Å². The summed E-state index contributed by atoms with van der Waals surface area (Å²) >= 11 is 0. The highest BCUT2D eigenvalue weighted by Crippen LogP contribution is 2.29. The Morgan fingerprint density at radius 1 is 1.04 bits per heavy atom. The predicted molar refractivity (Wildman–Crippen MR) is 107 cm³/mol. The number of carbonyl (C=O) groups is 1. The Bertz CT molecular complexity index is 1160. The zero-order chi connectivity index (χ0) is 19.5. The molecule has 4 aromatic rings. The third-order valence-corrected chi connectivity index (χ3v) is 4.49. The fraction of sp³-hybridized carbons (Fsp3) is 0.0870. The van der Waals surface area contributed by atoms with Crippen LogP contribution in [0.4, 0.5) is 0 Å². The van der Waals surface area contributed by atoms with Gasteiger partial charge in [-0.15, -0.1) is 0 Å². The molecule has 2 aromatic carbocycles. The molecule has 1 N–H and O–H groups in total. The summed E-state index contributed by atoms with van der Waals surface area (Å²) in [5.74, 6) is -0.392. The third-order valence-electron chi connectivity index (χ3n) is 4.49. The molecule has 5 nitrogen and oxygen atoms in total. The van der Waals surface area contributed by atoms with E-state index in [4.69, 9.17) is 4.74 Å². The van der Waals surface area contributed by atoms with E-state index in [-0.39, 0.29) is 12.2 Å². The number of hydrogen-bond acceptors (Lipinski definition) is 4. The monoisotopic (exact) mass is 370 g/mol. The number of carboxylic acids is 1. The maximum Gasteiger partial charge on any atom is 0.336 e. The quantitative estimate of drug-likeness (QED) is 0.542. The molecule has 0 fully saturated rings. The van der Waals surface area contributed by atoms with Crippen LogP contribution < -0.4 is 4.74 Å².